The smallest absolute Gasteiger partial charge is 0.0475 e. The van der Waals surface area contributed by atoms with E-state index in [2.05, 4.69) is 63.3 Å². The lowest BCUT2D eigenvalue weighted by atomic mass is 9.75. The van der Waals surface area contributed by atoms with Crippen LogP contribution < -0.4 is 5.32 Å². The van der Waals surface area contributed by atoms with E-state index in [1.54, 1.807) is 0 Å². The van der Waals surface area contributed by atoms with Crippen molar-refractivity contribution in [1.82, 2.24) is 5.32 Å². The summed E-state index contributed by atoms with van der Waals surface area (Å²) < 4.78 is 5.83. The van der Waals surface area contributed by atoms with Gasteiger partial charge in [0.15, 0.2) is 0 Å². The molecule has 2 heteroatoms. The molecule has 0 bridgehead atoms. The van der Waals surface area contributed by atoms with Crippen LogP contribution in [0.3, 0.4) is 0 Å². The molecule has 120 valence electrons. The van der Waals surface area contributed by atoms with Crippen LogP contribution in [0.1, 0.15) is 58.9 Å². The number of hydrogen-bond donors (Lipinski definition) is 1. The fraction of sp³-hybridized carbons (Fsp3) is 0.684. The Morgan fingerprint density at radius 3 is 2.38 bits per heavy atom. The zero-order valence-corrected chi connectivity index (χ0v) is 14.3. The predicted octanol–water partition coefficient (Wildman–Crippen LogP) is 4.54. The van der Waals surface area contributed by atoms with E-state index >= 15 is 0 Å². The molecule has 0 amide bonds. The van der Waals surface area contributed by atoms with Gasteiger partial charge in [0.2, 0.25) is 0 Å². The minimum absolute atomic E-state index is 0.178. The van der Waals surface area contributed by atoms with Crippen molar-refractivity contribution in [3.8, 4) is 0 Å². The van der Waals surface area contributed by atoms with E-state index in [-0.39, 0.29) is 5.41 Å². The van der Waals surface area contributed by atoms with Gasteiger partial charge in [-0.15, -0.1) is 0 Å². The van der Waals surface area contributed by atoms with Gasteiger partial charge in [-0.3, -0.25) is 0 Å². The van der Waals surface area contributed by atoms with E-state index in [0.29, 0.717) is 6.04 Å². The van der Waals surface area contributed by atoms with E-state index in [1.165, 1.54) is 12.0 Å². The minimum atomic E-state index is 0.178. The normalized spacial score (nSPS) is 14.3. The molecule has 0 radical (unpaired) electrons. The summed E-state index contributed by atoms with van der Waals surface area (Å²) in [6.45, 7) is 11.7. The molecule has 0 aliphatic rings. The van der Waals surface area contributed by atoms with Gasteiger partial charge in [-0.1, -0.05) is 64.4 Å². The Morgan fingerprint density at radius 1 is 1.10 bits per heavy atom. The maximum atomic E-state index is 5.83. The summed E-state index contributed by atoms with van der Waals surface area (Å²) in [5, 5.41) is 3.63. The highest BCUT2D eigenvalue weighted by Gasteiger charge is 2.29. The topological polar surface area (TPSA) is 21.3 Å². The molecule has 1 aromatic rings. The van der Waals surface area contributed by atoms with Crippen molar-refractivity contribution < 1.29 is 4.74 Å². The van der Waals surface area contributed by atoms with Crippen LogP contribution in [-0.4, -0.2) is 25.8 Å². The first kappa shape index (κ1) is 18.2. The molecule has 0 aliphatic heterocycles. The van der Waals surface area contributed by atoms with Crippen molar-refractivity contribution in [2.45, 2.75) is 64.8 Å². The summed E-state index contributed by atoms with van der Waals surface area (Å²) in [6.07, 6.45) is 4.58. The van der Waals surface area contributed by atoms with Crippen molar-refractivity contribution in [3.05, 3.63) is 35.9 Å². The first-order chi connectivity index (χ1) is 10.1. The molecule has 21 heavy (non-hydrogen) atoms. The van der Waals surface area contributed by atoms with Crippen molar-refractivity contribution in [2.24, 2.45) is 0 Å². The monoisotopic (exact) mass is 291 g/mol. The second kappa shape index (κ2) is 9.97. The van der Waals surface area contributed by atoms with Crippen molar-refractivity contribution in [3.63, 3.8) is 0 Å². The molecule has 0 aromatic heterocycles. The molecule has 0 saturated carbocycles. The molecule has 1 N–H and O–H groups in total. The van der Waals surface area contributed by atoms with Crippen LogP contribution in [0.15, 0.2) is 30.3 Å². The summed E-state index contributed by atoms with van der Waals surface area (Å²) in [7, 11) is 0. The third-order valence-corrected chi connectivity index (χ3v) is 4.28. The van der Waals surface area contributed by atoms with Gasteiger partial charge in [-0.05, 0) is 24.8 Å². The molecule has 1 aromatic carbocycles. The van der Waals surface area contributed by atoms with Crippen molar-refractivity contribution in [2.75, 3.05) is 19.8 Å². The molecule has 0 fully saturated rings. The zero-order valence-electron chi connectivity index (χ0n) is 14.3. The fourth-order valence-corrected chi connectivity index (χ4v) is 2.65. The maximum Gasteiger partial charge on any atom is 0.0475 e. The number of benzene rings is 1. The molecule has 0 aliphatic carbocycles. The molecule has 1 rings (SSSR count). The number of rotatable bonds is 11. The maximum absolute atomic E-state index is 5.83. The summed E-state index contributed by atoms with van der Waals surface area (Å²) in [4.78, 5) is 0. The summed E-state index contributed by atoms with van der Waals surface area (Å²) in [5.41, 5.74) is 1.61. The zero-order chi connectivity index (χ0) is 15.6. The summed E-state index contributed by atoms with van der Waals surface area (Å²) in [6, 6.07) is 11.4. The number of hydrogen-bond acceptors (Lipinski definition) is 2. The first-order valence-corrected chi connectivity index (χ1v) is 8.51. The fourth-order valence-electron chi connectivity index (χ4n) is 2.65. The highest BCUT2D eigenvalue weighted by atomic mass is 16.5. The Kier molecular flexibility index (Phi) is 8.63. The molecule has 0 saturated heterocycles. The van der Waals surface area contributed by atoms with Gasteiger partial charge in [-0.2, -0.15) is 0 Å². The van der Waals surface area contributed by atoms with Crippen LogP contribution in [0, 0.1) is 0 Å². The van der Waals surface area contributed by atoms with E-state index in [1.807, 2.05) is 0 Å². The molecule has 0 heterocycles. The third-order valence-electron chi connectivity index (χ3n) is 4.28. The Bertz CT molecular complexity index is 363. The molecule has 2 nitrogen and oxygen atoms in total. The van der Waals surface area contributed by atoms with Gasteiger partial charge in [0, 0.05) is 31.2 Å². The number of ether oxygens (including phenoxy) is 1. The van der Waals surface area contributed by atoms with Gasteiger partial charge >= 0.3 is 0 Å². The van der Waals surface area contributed by atoms with Gasteiger partial charge in [0.05, 0.1) is 0 Å². The highest BCUT2D eigenvalue weighted by Crippen LogP contribution is 2.31. The van der Waals surface area contributed by atoms with Gasteiger partial charge in [-0.25, -0.2) is 0 Å². The SMILES string of the molecule is CCCCOCCC(CC)(CNC(C)C)c1ccccc1. The molecular weight excluding hydrogens is 258 g/mol. The van der Waals surface area contributed by atoms with Crippen molar-refractivity contribution >= 4 is 0 Å². The Labute approximate surface area is 131 Å². The van der Waals surface area contributed by atoms with E-state index in [4.69, 9.17) is 4.74 Å². The van der Waals surface area contributed by atoms with Crippen LogP contribution in [0.25, 0.3) is 0 Å². The Hall–Kier alpha value is -0.860. The van der Waals surface area contributed by atoms with Crippen LogP contribution in [0.5, 0.6) is 0 Å². The van der Waals surface area contributed by atoms with Crippen LogP contribution in [-0.2, 0) is 10.2 Å². The lowest BCUT2D eigenvalue weighted by Crippen LogP contribution is -2.41. The van der Waals surface area contributed by atoms with E-state index < -0.39 is 0 Å². The van der Waals surface area contributed by atoms with Crippen molar-refractivity contribution in [1.29, 1.82) is 0 Å². The minimum Gasteiger partial charge on any atom is -0.381 e. The Morgan fingerprint density at radius 2 is 1.81 bits per heavy atom. The molecule has 1 atom stereocenters. The Balaban J connectivity index is 2.72. The number of nitrogens with one attached hydrogen (secondary N) is 1. The average Bonchev–Trinajstić information content (AvgIpc) is 2.51. The molecule has 1 unspecified atom stereocenters. The van der Waals surface area contributed by atoms with Gasteiger partial charge in [0.25, 0.3) is 0 Å². The van der Waals surface area contributed by atoms with Crippen LogP contribution in [0.2, 0.25) is 0 Å². The number of unbranched alkanes of at least 4 members (excludes halogenated alkanes) is 1. The van der Waals surface area contributed by atoms with Crippen LogP contribution in [0.4, 0.5) is 0 Å². The highest BCUT2D eigenvalue weighted by molar-refractivity contribution is 5.26. The van der Waals surface area contributed by atoms with Gasteiger partial charge < -0.3 is 10.1 Å². The second-order valence-corrected chi connectivity index (χ2v) is 6.25. The summed E-state index contributed by atoms with van der Waals surface area (Å²) >= 11 is 0. The van der Waals surface area contributed by atoms with E-state index in [0.717, 1.165) is 39.0 Å². The second-order valence-electron chi connectivity index (χ2n) is 6.25. The average molecular weight is 291 g/mol. The van der Waals surface area contributed by atoms with E-state index in [9.17, 15) is 0 Å². The lowest BCUT2D eigenvalue weighted by molar-refractivity contribution is 0.108. The standard InChI is InChI=1S/C19H33NO/c1-5-7-14-21-15-13-19(6-2,16-20-17(3)4)18-11-9-8-10-12-18/h8-12,17,20H,5-7,13-16H2,1-4H3. The van der Waals surface area contributed by atoms with Gasteiger partial charge in [0.1, 0.15) is 0 Å². The third kappa shape index (κ3) is 6.19. The predicted molar refractivity (Wildman–Crippen MR) is 91.9 cm³/mol. The summed E-state index contributed by atoms with van der Waals surface area (Å²) in [5.74, 6) is 0. The van der Waals surface area contributed by atoms with Crippen LogP contribution >= 0.6 is 0 Å². The largest absolute Gasteiger partial charge is 0.381 e. The lowest BCUT2D eigenvalue weighted by Gasteiger charge is -2.35. The molecule has 0 spiro atoms. The molecular formula is C19H33NO. The first-order valence-electron chi connectivity index (χ1n) is 8.51. The quantitative estimate of drug-likeness (QED) is 0.604.